The maximum Gasteiger partial charge on any atom is 0.224 e. The van der Waals surface area contributed by atoms with Gasteiger partial charge in [-0.2, -0.15) is 0 Å². The third-order valence-corrected chi connectivity index (χ3v) is 3.26. The zero-order valence-corrected chi connectivity index (χ0v) is 11.8. The van der Waals surface area contributed by atoms with Gasteiger partial charge in [0.2, 0.25) is 5.91 Å². The SMILES string of the molecule is Cc1ccc(C)c(CC(=O)NCc2cccc(O)c2)c1. The molecule has 2 N–H and O–H groups in total. The molecule has 0 heterocycles. The predicted molar refractivity (Wildman–Crippen MR) is 79.6 cm³/mol. The number of phenolic OH excluding ortho intramolecular Hbond substituents is 1. The Morgan fingerprint density at radius 2 is 1.95 bits per heavy atom. The lowest BCUT2D eigenvalue weighted by Crippen LogP contribution is -2.24. The molecule has 0 unspecified atom stereocenters. The molecule has 0 aliphatic heterocycles. The van der Waals surface area contributed by atoms with Crippen LogP contribution in [0, 0.1) is 13.8 Å². The van der Waals surface area contributed by atoms with Crippen LogP contribution in [0.4, 0.5) is 0 Å². The molecule has 0 bridgehead atoms. The maximum absolute atomic E-state index is 12.0. The van der Waals surface area contributed by atoms with E-state index in [-0.39, 0.29) is 11.7 Å². The quantitative estimate of drug-likeness (QED) is 0.896. The van der Waals surface area contributed by atoms with Crippen LogP contribution in [0.25, 0.3) is 0 Å². The van der Waals surface area contributed by atoms with Crippen LogP contribution in [0.15, 0.2) is 42.5 Å². The van der Waals surface area contributed by atoms with Crippen LogP contribution in [-0.4, -0.2) is 11.0 Å². The number of hydrogen-bond acceptors (Lipinski definition) is 2. The summed E-state index contributed by atoms with van der Waals surface area (Å²) in [6.07, 6.45) is 0.381. The van der Waals surface area contributed by atoms with Crippen LogP contribution < -0.4 is 5.32 Å². The molecule has 0 fully saturated rings. The minimum absolute atomic E-state index is 0.0120. The van der Waals surface area contributed by atoms with Crippen molar-refractivity contribution >= 4 is 5.91 Å². The molecule has 104 valence electrons. The summed E-state index contributed by atoms with van der Waals surface area (Å²) in [5, 5.41) is 12.2. The summed E-state index contributed by atoms with van der Waals surface area (Å²) in [6.45, 7) is 4.46. The Bertz CT molecular complexity index is 620. The van der Waals surface area contributed by atoms with E-state index in [1.54, 1.807) is 18.2 Å². The first-order chi connectivity index (χ1) is 9.54. The molecule has 20 heavy (non-hydrogen) atoms. The Balaban J connectivity index is 1.94. The molecule has 0 radical (unpaired) electrons. The van der Waals surface area contributed by atoms with Gasteiger partial charge in [0.1, 0.15) is 5.75 Å². The highest BCUT2D eigenvalue weighted by molar-refractivity contribution is 5.79. The number of phenols is 1. The Kier molecular flexibility index (Phi) is 4.41. The average Bonchev–Trinajstić information content (AvgIpc) is 2.41. The lowest BCUT2D eigenvalue weighted by molar-refractivity contribution is -0.120. The van der Waals surface area contributed by atoms with Gasteiger partial charge in [-0.05, 0) is 42.7 Å². The molecule has 0 spiro atoms. The largest absolute Gasteiger partial charge is 0.508 e. The first kappa shape index (κ1) is 14.1. The van der Waals surface area contributed by atoms with E-state index in [9.17, 15) is 9.90 Å². The van der Waals surface area contributed by atoms with Gasteiger partial charge in [-0.3, -0.25) is 4.79 Å². The molecule has 0 atom stereocenters. The molecule has 2 rings (SSSR count). The van der Waals surface area contributed by atoms with Crippen LogP contribution >= 0.6 is 0 Å². The summed E-state index contributed by atoms with van der Waals surface area (Å²) in [7, 11) is 0. The minimum Gasteiger partial charge on any atom is -0.508 e. The van der Waals surface area contributed by atoms with E-state index < -0.39 is 0 Å². The average molecular weight is 269 g/mol. The van der Waals surface area contributed by atoms with E-state index in [0.29, 0.717) is 13.0 Å². The van der Waals surface area contributed by atoms with Crippen LogP contribution in [0.5, 0.6) is 5.75 Å². The van der Waals surface area contributed by atoms with Gasteiger partial charge in [-0.25, -0.2) is 0 Å². The fourth-order valence-corrected chi connectivity index (χ4v) is 2.09. The van der Waals surface area contributed by atoms with Crippen molar-refractivity contribution in [3.8, 4) is 5.75 Å². The van der Waals surface area contributed by atoms with Crippen LogP contribution in [0.1, 0.15) is 22.3 Å². The second kappa shape index (κ2) is 6.24. The molecule has 3 heteroatoms. The fraction of sp³-hybridized carbons (Fsp3) is 0.235. The number of hydrogen-bond donors (Lipinski definition) is 2. The minimum atomic E-state index is -0.0120. The van der Waals surface area contributed by atoms with Gasteiger partial charge in [0.25, 0.3) is 0 Å². The number of nitrogens with one attached hydrogen (secondary N) is 1. The lowest BCUT2D eigenvalue weighted by atomic mass is 10.0. The summed E-state index contributed by atoms with van der Waals surface area (Å²) in [5.41, 5.74) is 4.23. The highest BCUT2D eigenvalue weighted by atomic mass is 16.3. The molecule has 0 aliphatic carbocycles. The highest BCUT2D eigenvalue weighted by Gasteiger charge is 2.06. The second-order valence-corrected chi connectivity index (χ2v) is 5.05. The third-order valence-electron chi connectivity index (χ3n) is 3.26. The van der Waals surface area contributed by atoms with E-state index in [2.05, 4.69) is 5.32 Å². The summed E-state index contributed by atoms with van der Waals surface area (Å²) in [4.78, 5) is 12.0. The fourth-order valence-electron chi connectivity index (χ4n) is 2.09. The van der Waals surface area contributed by atoms with E-state index in [4.69, 9.17) is 0 Å². The first-order valence-electron chi connectivity index (χ1n) is 6.65. The van der Waals surface area contributed by atoms with Crippen molar-refractivity contribution in [2.75, 3.05) is 0 Å². The standard InChI is InChI=1S/C17H19NO2/c1-12-6-7-13(2)15(8-12)10-17(20)18-11-14-4-3-5-16(19)9-14/h3-9,19H,10-11H2,1-2H3,(H,18,20). The normalized spacial score (nSPS) is 10.3. The molecular weight excluding hydrogens is 250 g/mol. The highest BCUT2D eigenvalue weighted by Crippen LogP contribution is 2.12. The Morgan fingerprint density at radius 1 is 1.15 bits per heavy atom. The number of aryl methyl sites for hydroxylation is 2. The number of amides is 1. The molecule has 1 amide bonds. The molecule has 3 nitrogen and oxygen atoms in total. The van der Waals surface area contributed by atoms with Crippen LogP contribution in [0.2, 0.25) is 0 Å². The topological polar surface area (TPSA) is 49.3 Å². The van der Waals surface area contributed by atoms with Gasteiger partial charge < -0.3 is 10.4 Å². The lowest BCUT2D eigenvalue weighted by Gasteiger charge is -2.08. The molecule has 0 saturated heterocycles. The number of benzene rings is 2. The molecule has 0 saturated carbocycles. The van der Waals surface area contributed by atoms with Crippen molar-refractivity contribution in [2.45, 2.75) is 26.8 Å². The summed E-state index contributed by atoms with van der Waals surface area (Å²) in [5.74, 6) is 0.202. The Labute approximate surface area is 119 Å². The van der Waals surface area contributed by atoms with Crippen LogP contribution in [0.3, 0.4) is 0 Å². The molecule has 0 aliphatic rings. The molecule has 2 aromatic carbocycles. The molecule has 0 aromatic heterocycles. The van der Waals surface area contributed by atoms with Crippen molar-refractivity contribution < 1.29 is 9.90 Å². The number of aromatic hydroxyl groups is 1. The van der Waals surface area contributed by atoms with E-state index in [1.165, 1.54) is 0 Å². The zero-order valence-electron chi connectivity index (χ0n) is 11.8. The second-order valence-electron chi connectivity index (χ2n) is 5.05. The van der Waals surface area contributed by atoms with E-state index >= 15 is 0 Å². The van der Waals surface area contributed by atoms with Crippen molar-refractivity contribution in [2.24, 2.45) is 0 Å². The van der Waals surface area contributed by atoms with E-state index in [0.717, 1.165) is 22.3 Å². The van der Waals surface area contributed by atoms with Gasteiger partial charge in [-0.1, -0.05) is 35.9 Å². The number of rotatable bonds is 4. The van der Waals surface area contributed by atoms with Crippen molar-refractivity contribution in [1.29, 1.82) is 0 Å². The van der Waals surface area contributed by atoms with Gasteiger partial charge in [0.15, 0.2) is 0 Å². The van der Waals surface area contributed by atoms with Crippen molar-refractivity contribution in [3.63, 3.8) is 0 Å². The molecule has 2 aromatic rings. The summed E-state index contributed by atoms with van der Waals surface area (Å²) >= 11 is 0. The van der Waals surface area contributed by atoms with E-state index in [1.807, 2.05) is 38.1 Å². The summed E-state index contributed by atoms with van der Waals surface area (Å²) < 4.78 is 0. The summed E-state index contributed by atoms with van der Waals surface area (Å²) in [6, 6.07) is 13.0. The van der Waals surface area contributed by atoms with Gasteiger partial charge in [0.05, 0.1) is 6.42 Å². The Morgan fingerprint density at radius 3 is 2.70 bits per heavy atom. The third kappa shape index (κ3) is 3.85. The Hall–Kier alpha value is -2.29. The van der Waals surface area contributed by atoms with Crippen LogP contribution in [-0.2, 0) is 17.8 Å². The zero-order chi connectivity index (χ0) is 14.5. The van der Waals surface area contributed by atoms with Crippen molar-refractivity contribution in [3.05, 3.63) is 64.7 Å². The van der Waals surface area contributed by atoms with Gasteiger partial charge in [-0.15, -0.1) is 0 Å². The predicted octanol–water partition coefficient (Wildman–Crippen LogP) is 2.87. The van der Waals surface area contributed by atoms with Gasteiger partial charge >= 0.3 is 0 Å². The van der Waals surface area contributed by atoms with Crippen molar-refractivity contribution in [1.82, 2.24) is 5.32 Å². The first-order valence-corrected chi connectivity index (χ1v) is 6.65. The van der Waals surface area contributed by atoms with Gasteiger partial charge in [0, 0.05) is 6.54 Å². The molecular formula is C17H19NO2. The smallest absolute Gasteiger partial charge is 0.224 e. The monoisotopic (exact) mass is 269 g/mol. The number of carbonyl (C=O) groups excluding carboxylic acids is 1. The number of carbonyl (C=O) groups is 1. The maximum atomic E-state index is 12.0.